The van der Waals surface area contributed by atoms with Gasteiger partial charge in [-0.3, -0.25) is 0 Å². The molecule has 2 rings (SSSR count). The number of ether oxygens (including phenoxy) is 1. The number of fused-ring (bicyclic) bond motifs is 1. The molecule has 0 saturated carbocycles. The average Bonchev–Trinajstić information content (AvgIpc) is 2.59. The van der Waals surface area contributed by atoms with Crippen LogP contribution in [0.25, 0.3) is 10.9 Å². The molecular formula is C12H14NO. The zero-order valence-corrected chi connectivity index (χ0v) is 8.34. The third-order valence-corrected chi connectivity index (χ3v) is 2.33. The number of hydrogen-bond donors (Lipinski definition) is 1. The second-order valence-electron chi connectivity index (χ2n) is 3.35. The summed E-state index contributed by atoms with van der Waals surface area (Å²) in [7, 11) is 1.69. The van der Waals surface area contributed by atoms with Crippen LogP contribution in [-0.4, -0.2) is 12.1 Å². The van der Waals surface area contributed by atoms with E-state index in [9.17, 15) is 0 Å². The van der Waals surface area contributed by atoms with Gasteiger partial charge in [-0.2, -0.15) is 0 Å². The molecule has 14 heavy (non-hydrogen) atoms. The number of nitrogens with one attached hydrogen (secondary N) is 1. The molecule has 0 unspecified atom stereocenters. The molecule has 0 bridgehead atoms. The van der Waals surface area contributed by atoms with Crippen LogP contribution in [0, 0.1) is 6.92 Å². The molecule has 2 heteroatoms. The molecule has 0 spiro atoms. The Kier molecular flexibility index (Phi) is 2.44. The van der Waals surface area contributed by atoms with Gasteiger partial charge in [-0.05, 0) is 37.1 Å². The number of aromatic nitrogens is 1. The van der Waals surface area contributed by atoms with Gasteiger partial charge in [0.25, 0.3) is 0 Å². The summed E-state index contributed by atoms with van der Waals surface area (Å²) in [6.07, 6.45) is 1.92. The van der Waals surface area contributed by atoms with E-state index < -0.39 is 0 Å². The Bertz CT molecular complexity index is 431. The SMILES string of the molecule is [CH2]CCc1cc2cc(OC)ccc2[nH]1. The number of aryl methyl sites for hydroxylation is 1. The summed E-state index contributed by atoms with van der Waals surface area (Å²) in [5.41, 5.74) is 2.40. The van der Waals surface area contributed by atoms with E-state index in [1.165, 1.54) is 11.1 Å². The monoisotopic (exact) mass is 188 g/mol. The zero-order valence-electron chi connectivity index (χ0n) is 8.34. The molecule has 2 nitrogen and oxygen atoms in total. The lowest BCUT2D eigenvalue weighted by molar-refractivity contribution is 0.415. The van der Waals surface area contributed by atoms with Gasteiger partial charge in [0.05, 0.1) is 7.11 Å². The van der Waals surface area contributed by atoms with Gasteiger partial charge in [0.2, 0.25) is 0 Å². The maximum absolute atomic E-state index is 5.17. The fraction of sp³-hybridized carbons (Fsp3) is 0.250. The molecule has 1 radical (unpaired) electrons. The third-order valence-electron chi connectivity index (χ3n) is 2.33. The van der Waals surface area contributed by atoms with Crippen LogP contribution in [0.5, 0.6) is 5.75 Å². The lowest BCUT2D eigenvalue weighted by Crippen LogP contribution is -1.81. The van der Waals surface area contributed by atoms with E-state index in [-0.39, 0.29) is 0 Å². The Hall–Kier alpha value is -1.44. The molecule has 0 atom stereocenters. The van der Waals surface area contributed by atoms with Crippen LogP contribution in [0.3, 0.4) is 0 Å². The van der Waals surface area contributed by atoms with Gasteiger partial charge in [0.15, 0.2) is 0 Å². The van der Waals surface area contributed by atoms with Crippen molar-refractivity contribution in [3.05, 3.63) is 36.9 Å². The summed E-state index contributed by atoms with van der Waals surface area (Å²) in [6, 6.07) is 8.20. The molecule has 1 heterocycles. The van der Waals surface area contributed by atoms with E-state index >= 15 is 0 Å². The van der Waals surface area contributed by atoms with E-state index in [0.29, 0.717) is 0 Å². The second-order valence-corrected chi connectivity index (χ2v) is 3.35. The Balaban J connectivity index is 2.43. The van der Waals surface area contributed by atoms with Crippen LogP contribution in [0.15, 0.2) is 24.3 Å². The summed E-state index contributed by atoms with van der Waals surface area (Å²) in [6.45, 7) is 3.84. The van der Waals surface area contributed by atoms with E-state index in [2.05, 4.69) is 18.0 Å². The summed E-state index contributed by atoms with van der Waals surface area (Å²) < 4.78 is 5.17. The molecule has 0 amide bonds. The first-order valence-corrected chi connectivity index (χ1v) is 4.78. The van der Waals surface area contributed by atoms with Gasteiger partial charge in [-0.15, -0.1) is 0 Å². The Morgan fingerprint density at radius 2 is 2.21 bits per heavy atom. The van der Waals surface area contributed by atoms with Crippen molar-refractivity contribution < 1.29 is 4.74 Å². The van der Waals surface area contributed by atoms with Gasteiger partial charge in [-0.25, -0.2) is 0 Å². The van der Waals surface area contributed by atoms with E-state index in [0.717, 1.165) is 24.1 Å². The largest absolute Gasteiger partial charge is 0.497 e. The predicted octanol–water partition coefficient (Wildman–Crippen LogP) is 2.94. The van der Waals surface area contributed by atoms with Crippen molar-refractivity contribution in [1.82, 2.24) is 4.98 Å². The van der Waals surface area contributed by atoms with Crippen molar-refractivity contribution in [2.24, 2.45) is 0 Å². The first-order valence-electron chi connectivity index (χ1n) is 4.78. The molecule has 0 aliphatic rings. The summed E-state index contributed by atoms with van der Waals surface area (Å²) >= 11 is 0. The van der Waals surface area contributed by atoms with Crippen LogP contribution >= 0.6 is 0 Å². The van der Waals surface area contributed by atoms with Gasteiger partial charge in [0.1, 0.15) is 5.75 Å². The molecule has 0 aliphatic heterocycles. The second kappa shape index (κ2) is 3.74. The highest BCUT2D eigenvalue weighted by molar-refractivity contribution is 5.81. The van der Waals surface area contributed by atoms with Crippen molar-refractivity contribution in [3.8, 4) is 5.75 Å². The number of rotatable bonds is 3. The minimum Gasteiger partial charge on any atom is -0.497 e. The summed E-state index contributed by atoms with van der Waals surface area (Å²) in [5, 5.41) is 1.20. The highest BCUT2D eigenvalue weighted by atomic mass is 16.5. The standard InChI is InChI=1S/C12H14NO/c1-3-4-10-7-9-8-11(14-2)5-6-12(9)13-10/h5-8,13H,1,3-4H2,2H3. The van der Waals surface area contributed by atoms with E-state index in [1.54, 1.807) is 7.11 Å². The number of benzene rings is 1. The van der Waals surface area contributed by atoms with Crippen LogP contribution < -0.4 is 4.74 Å². The minimum atomic E-state index is 0.901. The van der Waals surface area contributed by atoms with Crippen LogP contribution in [0.1, 0.15) is 12.1 Å². The van der Waals surface area contributed by atoms with Crippen LogP contribution in [0.4, 0.5) is 0 Å². The summed E-state index contributed by atoms with van der Waals surface area (Å²) in [4.78, 5) is 3.35. The smallest absolute Gasteiger partial charge is 0.119 e. The average molecular weight is 188 g/mol. The number of aromatic amines is 1. The molecule has 0 fully saturated rings. The Labute approximate surface area is 83.9 Å². The fourth-order valence-electron chi connectivity index (χ4n) is 1.62. The van der Waals surface area contributed by atoms with Gasteiger partial charge < -0.3 is 9.72 Å². The van der Waals surface area contributed by atoms with Crippen molar-refractivity contribution in [2.75, 3.05) is 7.11 Å². The normalized spacial score (nSPS) is 10.7. The van der Waals surface area contributed by atoms with Gasteiger partial charge in [0, 0.05) is 16.6 Å². The predicted molar refractivity (Wildman–Crippen MR) is 58.5 cm³/mol. The minimum absolute atomic E-state index is 0.901. The molecule has 1 aromatic heterocycles. The maximum Gasteiger partial charge on any atom is 0.119 e. The Morgan fingerprint density at radius 3 is 2.93 bits per heavy atom. The number of H-pyrrole nitrogens is 1. The molecular weight excluding hydrogens is 174 g/mol. The zero-order chi connectivity index (χ0) is 9.97. The fourth-order valence-corrected chi connectivity index (χ4v) is 1.62. The highest BCUT2D eigenvalue weighted by Crippen LogP contribution is 2.21. The third kappa shape index (κ3) is 1.60. The van der Waals surface area contributed by atoms with Crippen LogP contribution in [-0.2, 0) is 6.42 Å². The van der Waals surface area contributed by atoms with E-state index in [4.69, 9.17) is 4.74 Å². The van der Waals surface area contributed by atoms with Crippen molar-refractivity contribution in [1.29, 1.82) is 0 Å². The molecule has 73 valence electrons. The molecule has 0 aliphatic carbocycles. The maximum atomic E-state index is 5.17. The topological polar surface area (TPSA) is 25.0 Å². The first-order chi connectivity index (χ1) is 6.83. The lowest BCUT2D eigenvalue weighted by Gasteiger charge is -1.97. The molecule has 0 saturated heterocycles. The lowest BCUT2D eigenvalue weighted by atomic mass is 10.2. The molecule has 1 N–H and O–H groups in total. The molecule has 1 aromatic carbocycles. The summed E-state index contributed by atoms with van der Waals surface area (Å²) in [5.74, 6) is 0.901. The number of methoxy groups -OCH3 is 1. The van der Waals surface area contributed by atoms with E-state index in [1.807, 2.05) is 18.2 Å². The van der Waals surface area contributed by atoms with Crippen LogP contribution in [0.2, 0.25) is 0 Å². The van der Waals surface area contributed by atoms with Crippen molar-refractivity contribution >= 4 is 10.9 Å². The highest BCUT2D eigenvalue weighted by Gasteiger charge is 2.00. The van der Waals surface area contributed by atoms with Crippen molar-refractivity contribution in [2.45, 2.75) is 12.8 Å². The Morgan fingerprint density at radius 1 is 1.36 bits per heavy atom. The first kappa shape index (κ1) is 9.13. The number of hydrogen-bond acceptors (Lipinski definition) is 1. The van der Waals surface area contributed by atoms with Crippen molar-refractivity contribution in [3.63, 3.8) is 0 Å². The van der Waals surface area contributed by atoms with Gasteiger partial charge in [-0.1, -0.05) is 6.92 Å². The van der Waals surface area contributed by atoms with Gasteiger partial charge >= 0.3 is 0 Å². The molecule has 2 aromatic rings. The quantitative estimate of drug-likeness (QED) is 0.787.